The Bertz CT molecular complexity index is 538. The van der Waals surface area contributed by atoms with Gasteiger partial charge in [-0.2, -0.15) is 5.10 Å². The van der Waals surface area contributed by atoms with Crippen LogP contribution in [-0.2, 0) is 13.6 Å². The smallest absolute Gasteiger partial charge is 0.0537 e. The summed E-state index contributed by atoms with van der Waals surface area (Å²) in [6.07, 6.45) is 4.47. The van der Waals surface area contributed by atoms with E-state index < -0.39 is 0 Å². The Morgan fingerprint density at radius 1 is 1.26 bits per heavy atom. The number of benzene rings is 1. The molecule has 0 saturated heterocycles. The summed E-state index contributed by atoms with van der Waals surface area (Å²) in [6.45, 7) is 3.06. The van der Waals surface area contributed by atoms with Crippen molar-refractivity contribution in [3.8, 4) is 0 Å². The molecule has 0 radical (unpaired) electrons. The molecule has 1 aromatic carbocycles. The van der Waals surface area contributed by atoms with Crippen molar-refractivity contribution in [2.45, 2.75) is 38.3 Å². The average Bonchev–Trinajstić information content (AvgIpc) is 2.70. The number of aryl methyl sites for hydroxylation is 1. The number of nitrogens with one attached hydrogen (secondary N) is 1. The Hall–Kier alpha value is -1.61. The molecular weight excluding hydrogens is 234 g/mol. The molecule has 3 heteroatoms. The lowest BCUT2D eigenvalue weighted by Crippen LogP contribution is -2.39. The van der Waals surface area contributed by atoms with Gasteiger partial charge in [0.1, 0.15) is 0 Å². The molecule has 1 N–H and O–H groups in total. The number of aromatic nitrogens is 2. The van der Waals surface area contributed by atoms with E-state index in [1.54, 1.807) is 0 Å². The molecule has 1 aliphatic rings. The van der Waals surface area contributed by atoms with Crippen molar-refractivity contribution in [2.75, 3.05) is 0 Å². The van der Waals surface area contributed by atoms with E-state index in [9.17, 15) is 0 Å². The van der Waals surface area contributed by atoms with Crippen LogP contribution >= 0.6 is 0 Å². The summed E-state index contributed by atoms with van der Waals surface area (Å²) in [7, 11) is 1.99. The molecule has 0 spiro atoms. The molecule has 1 fully saturated rings. The van der Waals surface area contributed by atoms with Crippen molar-refractivity contribution in [1.29, 1.82) is 0 Å². The topological polar surface area (TPSA) is 29.9 Å². The fourth-order valence-corrected chi connectivity index (χ4v) is 2.75. The number of hydrogen-bond acceptors (Lipinski definition) is 2. The quantitative estimate of drug-likeness (QED) is 0.910. The van der Waals surface area contributed by atoms with Gasteiger partial charge in [0.25, 0.3) is 0 Å². The predicted octanol–water partition coefficient (Wildman–Crippen LogP) is 2.76. The Balaban J connectivity index is 1.49. The second kappa shape index (κ2) is 5.17. The van der Waals surface area contributed by atoms with Crippen molar-refractivity contribution in [3.05, 3.63) is 53.3 Å². The molecular formula is C16H21N3. The van der Waals surface area contributed by atoms with Gasteiger partial charge >= 0.3 is 0 Å². The standard InChI is InChI=1S/C16H21N3/c1-12-15(11-18-19(12)2)10-17-16-8-14(9-16)13-6-4-3-5-7-13/h3-7,11,14,16-17H,8-10H2,1-2H3. The summed E-state index contributed by atoms with van der Waals surface area (Å²) in [5.41, 5.74) is 4.05. The summed E-state index contributed by atoms with van der Waals surface area (Å²) in [4.78, 5) is 0. The van der Waals surface area contributed by atoms with Crippen LogP contribution in [0.4, 0.5) is 0 Å². The first-order chi connectivity index (χ1) is 9.24. The average molecular weight is 255 g/mol. The van der Waals surface area contributed by atoms with Crippen molar-refractivity contribution in [1.82, 2.24) is 15.1 Å². The first-order valence-corrected chi connectivity index (χ1v) is 7.00. The van der Waals surface area contributed by atoms with Crippen molar-refractivity contribution in [2.24, 2.45) is 7.05 Å². The SMILES string of the molecule is Cc1c(CNC2CC(c3ccccc3)C2)cnn1C. The van der Waals surface area contributed by atoms with Crippen molar-refractivity contribution >= 4 is 0 Å². The minimum Gasteiger partial charge on any atom is -0.310 e. The van der Waals surface area contributed by atoms with Crippen LogP contribution in [0.25, 0.3) is 0 Å². The lowest BCUT2D eigenvalue weighted by atomic mass is 9.76. The highest BCUT2D eigenvalue weighted by Gasteiger charge is 2.29. The third-order valence-electron chi connectivity index (χ3n) is 4.33. The van der Waals surface area contributed by atoms with Crippen LogP contribution in [0.1, 0.15) is 35.6 Å². The predicted molar refractivity (Wildman–Crippen MR) is 77.0 cm³/mol. The third kappa shape index (κ3) is 2.56. The first-order valence-electron chi connectivity index (χ1n) is 7.00. The van der Waals surface area contributed by atoms with Gasteiger partial charge in [0, 0.05) is 30.9 Å². The van der Waals surface area contributed by atoms with Gasteiger partial charge in [0.15, 0.2) is 0 Å². The largest absolute Gasteiger partial charge is 0.310 e. The molecule has 1 saturated carbocycles. The van der Waals surface area contributed by atoms with Gasteiger partial charge in [-0.05, 0) is 31.2 Å². The van der Waals surface area contributed by atoms with Crippen LogP contribution in [0.5, 0.6) is 0 Å². The van der Waals surface area contributed by atoms with Crippen LogP contribution in [-0.4, -0.2) is 15.8 Å². The van der Waals surface area contributed by atoms with E-state index in [0.29, 0.717) is 6.04 Å². The molecule has 0 amide bonds. The Kier molecular flexibility index (Phi) is 3.38. The number of nitrogens with zero attached hydrogens (tertiary/aromatic N) is 2. The summed E-state index contributed by atoms with van der Waals surface area (Å²) in [6, 6.07) is 11.5. The summed E-state index contributed by atoms with van der Waals surface area (Å²) in [5.74, 6) is 0.744. The van der Waals surface area contributed by atoms with Gasteiger partial charge in [-0.3, -0.25) is 4.68 Å². The molecule has 100 valence electrons. The molecule has 0 bridgehead atoms. The van der Waals surface area contributed by atoms with Gasteiger partial charge in [-0.25, -0.2) is 0 Å². The molecule has 3 rings (SSSR count). The fraction of sp³-hybridized carbons (Fsp3) is 0.438. The van der Waals surface area contributed by atoms with Gasteiger partial charge < -0.3 is 5.32 Å². The highest BCUT2D eigenvalue weighted by molar-refractivity contribution is 5.23. The fourth-order valence-electron chi connectivity index (χ4n) is 2.75. The lowest BCUT2D eigenvalue weighted by Gasteiger charge is -2.36. The molecule has 1 heterocycles. The Labute approximate surface area is 114 Å². The van der Waals surface area contributed by atoms with Crippen LogP contribution in [0.15, 0.2) is 36.5 Å². The Morgan fingerprint density at radius 2 is 2.00 bits per heavy atom. The van der Waals surface area contributed by atoms with Gasteiger partial charge in [0.2, 0.25) is 0 Å². The van der Waals surface area contributed by atoms with Crippen molar-refractivity contribution < 1.29 is 0 Å². The molecule has 0 aliphatic heterocycles. The Morgan fingerprint density at radius 3 is 2.63 bits per heavy atom. The normalized spacial score (nSPS) is 22.2. The van der Waals surface area contributed by atoms with E-state index in [-0.39, 0.29) is 0 Å². The summed E-state index contributed by atoms with van der Waals surface area (Å²) < 4.78 is 1.94. The minimum atomic E-state index is 0.657. The number of rotatable bonds is 4. The van der Waals surface area contributed by atoms with Crippen LogP contribution in [0.3, 0.4) is 0 Å². The van der Waals surface area contributed by atoms with Gasteiger partial charge in [-0.15, -0.1) is 0 Å². The maximum absolute atomic E-state index is 4.28. The van der Waals surface area contributed by atoms with E-state index in [2.05, 4.69) is 47.7 Å². The monoisotopic (exact) mass is 255 g/mol. The van der Waals surface area contributed by atoms with E-state index in [1.807, 2.05) is 17.9 Å². The van der Waals surface area contributed by atoms with Crippen LogP contribution in [0, 0.1) is 6.92 Å². The van der Waals surface area contributed by atoms with Gasteiger partial charge in [0.05, 0.1) is 6.20 Å². The van der Waals surface area contributed by atoms with E-state index >= 15 is 0 Å². The maximum Gasteiger partial charge on any atom is 0.0537 e. The van der Waals surface area contributed by atoms with Gasteiger partial charge in [-0.1, -0.05) is 30.3 Å². The highest BCUT2D eigenvalue weighted by Crippen LogP contribution is 2.36. The van der Waals surface area contributed by atoms with Crippen LogP contribution in [0.2, 0.25) is 0 Å². The molecule has 0 unspecified atom stereocenters. The second-order valence-corrected chi connectivity index (χ2v) is 5.54. The minimum absolute atomic E-state index is 0.657. The maximum atomic E-state index is 4.28. The zero-order valence-electron chi connectivity index (χ0n) is 11.6. The van der Waals surface area contributed by atoms with E-state index in [0.717, 1.165) is 12.5 Å². The summed E-state index contributed by atoms with van der Waals surface area (Å²) >= 11 is 0. The third-order valence-corrected chi connectivity index (χ3v) is 4.33. The molecule has 1 aromatic heterocycles. The molecule has 2 aromatic rings. The first kappa shape index (κ1) is 12.4. The second-order valence-electron chi connectivity index (χ2n) is 5.54. The lowest BCUT2D eigenvalue weighted by molar-refractivity contribution is 0.289. The zero-order chi connectivity index (χ0) is 13.2. The van der Waals surface area contributed by atoms with Crippen LogP contribution < -0.4 is 5.32 Å². The van der Waals surface area contributed by atoms with Crippen molar-refractivity contribution in [3.63, 3.8) is 0 Å². The van der Waals surface area contributed by atoms with E-state index in [4.69, 9.17) is 0 Å². The molecule has 1 aliphatic carbocycles. The highest BCUT2D eigenvalue weighted by atomic mass is 15.3. The summed E-state index contributed by atoms with van der Waals surface area (Å²) in [5, 5.41) is 7.91. The number of hydrogen-bond donors (Lipinski definition) is 1. The molecule has 3 nitrogen and oxygen atoms in total. The molecule has 0 atom stereocenters. The van der Waals surface area contributed by atoms with E-state index in [1.165, 1.54) is 29.7 Å². The zero-order valence-corrected chi connectivity index (χ0v) is 11.6. The molecule has 19 heavy (non-hydrogen) atoms.